The quantitative estimate of drug-likeness (QED) is 0.876. The second-order valence-corrected chi connectivity index (χ2v) is 6.68. The van der Waals surface area contributed by atoms with E-state index in [1.54, 1.807) is 0 Å². The van der Waals surface area contributed by atoms with Crippen molar-refractivity contribution < 1.29 is 4.79 Å². The Morgan fingerprint density at radius 1 is 1.23 bits per heavy atom. The lowest BCUT2D eigenvalue weighted by molar-refractivity contribution is -0.117. The number of nitrogens with two attached hydrogens (primary N) is 1. The fourth-order valence-electron chi connectivity index (χ4n) is 2.96. The Morgan fingerprint density at radius 2 is 1.91 bits per heavy atom. The van der Waals surface area contributed by atoms with Crippen LogP contribution in [0.1, 0.15) is 46.0 Å². The van der Waals surface area contributed by atoms with Crippen LogP contribution in [-0.2, 0) is 4.79 Å². The number of anilines is 2. The Morgan fingerprint density at radius 3 is 2.55 bits per heavy atom. The molecule has 22 heavy (non-hydrogen) atoms. The highest BCUT2D eigenvalue weighted by molar-refractivity contribution is 5.95. The Hall–Kier alpha value is -1.55. The molecule has 0 spiro atoms. The molecule has 1 aromatic carbocycles. The number of rotatable bonds is 5. The molecule has 1 heterocycles. The average molecular weight is 303 g/mol. The van der Waals surface area contributed by atoms with Crippen molar-refractivity contribution in [1.29, 1.82) is 0 Å². The molecule has 0 aromatic heterocycles. The lowest BCUT2D eigenvalue weighted by Crippen LogP contribution is -2.36. The van der Waals surface area contributed by atoms with Gasteiger partial charge >= 0.3 is 0 Å². The van der Waals surface area contributed by atoms with Crippen molar-refractivity contribution in [2.24, 2.45) is 11.7 Å². The van der Waals surface area contributed by atoms with Gasteiger partial charge in [0.2, 0.25) is 5.91 Å². The summed E-state index contributed by atoms with van der Waals surface area (Å²) in [6.07, 6.45) is 5.83. The first-order valence-corrected chi connectivity index (χ1v) is 8.47. The predicted molar refractivity (Wildman–Crippen MR) is 93.2 cm³/mol. The van der Waals surface area contributed by atoms with Crippen LogP contribution >= 0.6 is 0 Å². The first-order valence-electron chi connectivity index (χ1n) is 8.47. The lowest BCUT2D eigenvalue weighted by atomic mass is 10.0. The van der Waals surface area contributed by atoms with Gasteiger partial charge in [0.1, 0.15) is 0 Å². The Bertz CT molecular complexity index is 479. The molecule has 3 N–H and O–H groups in total. The summed E-state index contributed by atoms with van der Waals surface area (Å²) in [5, 5.41) is 2.95. The maximum Gasteiger partial charge on any atom is 0.241 e. The van der Waals surface area contributed by atoms with E-state index < -0.39 is 6.04 Å². The van der Waals surface area contributed by atoms with E-state index >= 15 is 0 Å². The molecule has 1 amide bonds. The van der Waals surface area contributed by atoms with E-state index in [0.717, 1.165) is 18.8 Å². The molecule has 2 rings (SSSR count). The second kappa shape index (κ2) is 8.18. The third kappa shape index (κ3) is 5.02. The van der Waals surface area contributed by atoms with Crippen molar-refractivity contribution in [3.8, 4) is 0 Å². The van der Waals surface area contributed by atoms with Crippen LogP contribution in [0.5, 0.6) is 0 Å². The van der Waals surface area contributed by atoms with Crippen LogP contribution in [-0.4, -0.2) is 25.0 Å². The molecule has 1 aromatic rings. The van der Waals surface area contributed by atoms with Crippen molar-refractivity contribution in [3.63, 3.8) is 0 Å². The van der Waals surface area contributed by atoms with E-state index in [2.05, 4.69) is 36.2 Å². The van der Waals surface area contributed by atoms with Crippen LogP contribution < -0.4 is 16.0 Å². The van der Waals surface area contributed by atoms with Gasteiger partial charge in [-0.2, -0.15) is 0 Å². The number of amides is 1. The van der Waals surface area contributed by atoms with E-state index in [1.807, 2.05) is 12.1 Å². The topological polar surface area (TPSA) is 58.4 Å². The number of carbonyl (C=O) groups excluding carboxylic acids is 1. The maximum absolute atomic E-state index is 12.1. The van der Waals surface area contributed by atoms with E-state index in [9.17, 15) is 4.79 Å². The summed E-state index contributed by atoms with van der Waals surface area (Å²) in [6.45, 7) is 6.36. The van der Waals surface area contributed by atoms with Crippen molar-refractivity contribution in [3.05, 3.63) is 24.3 Å². The molecular weight excluding hydrogens is 274 g/mol. The number of carbonyl (C=O) groups is 1. The van der Waals surface area contributed by atoms with Gasteiger partial charge in [-0.15, -0.1) is 0 Å². The smallest absolute Gasteiger partial charge is 0.241 e. The summed E-state index contributed by atoms with van der Waals surface area (Å²) < 4.78 is 0. The van der Waals surface area contributed by atoms with E-state index in [-0.39, 0.29) is 5.91 Å². The van der Waals surface area contributed by atoms with Crippen molar-refractivity contribution in [2.75, 3.05) is 23.3 Å². The molecule has 0 unspecified atom stereocenters. The molecule has 1 fully saturated rings. The van der Waals surface area contributed by atoms with Gasteiger partial charge in [-0.3, -0.25) is 4.79 Å². The highest BCUT2D eigenvalue weighted by Crippen LogP contribution is 2.23. The van der Waals surface area contributed by atoms with Gasteiger partial charge < -0.3 is 16.0 Å². The largest absolute Gasteiger partial charge is 0.371 e. The molecule has 4 nitrogen and oxygen atoms in total. The predicted octanol–water partition coefficient (Wildman–Crippen LogP) is 3.38. The number of hydrogen-bond acceptors (Lipinski definition) is 3. The summed E-state index contributed by atoms with van der Waals surface area (Å²) in [6, 6.07) is 7.67. The third-order valence-electron chi connectivity index (χ3n) is 4.15. The summed E-state index contributed by atoms with van der Waals surface area (Å²) in [5.74, 6) is 0.325. The monoisotopic (exact) mass is 303 g/mol. The molecule has 0 aliphatic carbocycles. The van der Waals surface area contributed by atoms with E-state index in [1.165, 1.54) is 31.4 Å². The van der Waals surface area contributed by atoms with Gasteiger partial charge in [0, 0.05) is 24.5 Å². The van der Waals surface area contributed by atoms with Crippen LogP contribution in [0.25, 0.3) is 0 Å². The minimum Gasteiger partial charge on any atom is -0.371 e. The minimum atomic E-state index is -0.443. The van der Waals surface area contributed by atoms with Crippen LogP contribution in [0.4, 0.5) is 11.4 Å². The molecule has 1 aliphatic heterocycles. The highest BCUT2D eigenvalue weighted by Gasteiger charge is 2.16. The second-order valence-electron chi connectivity index (χ2n) is 6.68. The van der Waals surface area contributed by atoms with Crippen molar-refractivity contribution >= 4 is 17.3 Å². The zero-order valence-electron chi connectivity index (χ0n) is 13.8. The molecule has 1 aliphatic rings. The van der Waals surface area contributed by atoms with Gasteiger partial charge in [-0.1, -0.05) is 32.8 Å². The average Bonchev–Trinajstić information content (AvgIpc) is 2.76. The first-order chi connectivity index (χ1) is 10.6. The zero-order chi connectivity index (χ0) is 15.9. The van der Waals surface area contributed by atoms with Crippen molar-refractivity contribution in [2.45, 2.75) is 52.0 Å². The Kier molecular flexibility index (Phi) is 6.25. The molecule has 1 atom stereocenters. The highest BCUT2D eigenvalue weighted by atomic mass is 16.2. The van der Waals surface area contributed by atoms with Crippen LogP contribution in [0.3, 0.4) is 0 Å². The van der Waals surface area contributed by atoms with Gasteiger partial charge in [-0.25, -0.2) is 0 Å². The van der Waals surface area contributed by atoms with Gasteiger partial charge in [-0.05, 0) is 43.4 Å². The summed E-state index contributed by atoms with van der Waals surface area (Å²) in [4.78, 5) is 14.6. The van der Waals surface area contributed by atoms with E-state index in [4.69, 9.17) is 5.73 Å². The molecule has 0 bridgehead atoms. The molecule has 1 saturated heterocycles. The summed E-state index contributed by atoms with van der Waals surface area (Å²) in [5.41, 5.74) is 7.98. The number of benzene rings is 1. The fraction of sp³-hybridized carbons (Fsp3) is 0.611. The summed E-state index contributed by atoms with van der Waals surface area (Å²) in [7, 11) is 0. The number of nitrogens with one attached hydrogen (secondary N) is 1. The normalized spacial score (nSPS) is 17.2. The Balaban J connectivity index is 2.00. The fourth-order valence-corrected chi connectivity index (χ4v) is 2.96. The number of nitrogens with zero attached hydrogens (tertiary/aromatic N) is 1. The molecule has 0 radical (unpaired) electrons. The van der Waals surface area contributed by atoms with Crippen LogP contribution in [0, 0.1) is 5.92 Å². The minimum absolute atomic E-state index is 0.0956. The first kappa shape index (κ1) is 16.8. The standard InChI is InChI=1S/C18H29N3O/c1-14(2)12-17(19)18(22)20-15-8-7-9-16(13-15)21-10-5-3-4-6-11-21/h7-9,13-14,17H,3-6,10-12,19H2,1-2H3,(H,20,22)/t17-/m0/s1. The van der Waals surface area contributed by atoms with Crippen LogP contribution in [0.2, 0.25) is 0 Å². The van der Waals surface area contributed by atoms with Gasteiger partial charge in [0.05, 0.1) is 6.04 Å². The number of hydrogen-bond donors (Lipinski definition) is 2. The Labute approximate surface area is 134 Å². The summed E-state index contributed by atoms with van der Waals surface area (Å²) >= 11 is 0. The SMILES string of the molecule is CC(C)C[C@H](N)C(=O)Nc1cccc(N2CCCCCC2)c1. The van der Waals surface area contributed by atoms with Crippen LogP contribution in [0.15, 0.2) is 24.3 Å². The zero-order valence-corrected chi connectivity index (χ0v) is 13.8. The molecular formula is C18H29N3O. The molecule has 0 saturated carbocycles. The van der Waals surface area contributed by atoms with E-state index in [0.29, 0.717) is 12.3 Å². The molecule has 4 heteroatoms. The third-order valence-corrected chi connectivity index (χ3v) is 4.15. The molecule has 122 valence electrons. The lowest BCUT2D eigenvalue weighted by Gasteiger charge is -2.23. The maximum atomic E-state index is 12.1. The van der Waals surface area contributed by atoms with Gasteiger partial charge in [0.15, 0.2) is 0 Å². The van der Waals surface area contributed by atoms with Gasteiger partial charge in [0.25, 0.3) is 0 Å². The van der Waals surface area contributed by atoms with Crippen molar-refractivity contribution in [1.82, 2.24) is 0 Å².